The predicted molar refractivity (Wildman–Crippen MR) is 203 cm³/mol. The van der Waals surface area contributed by atoms with Gasteiger partial charge in [-0.05, 0) is 54.6 Å². The highest BCUT2D eigenvalue weighted by atomic mass is 16.3. The van der Waals surface area contributed by atoms with Crippen molar-refractivity contribution >= 4 is 65.7 Å². The van der Waals surface area contributed by atoms with Crippen LogP contribution in [0.25, 0.3) is 106 Å². The Morgan fingerprint density at radius 2 is 1.04 bits per heavy atom. The maximum atomic E-state index is 6.30. The number of rotatable bonds is 4. The van der Waals surface area contributed by atoms with Crippen molar-refractivity contribution in [3.63, 3.8) is 0 Å². The van der Waals surface area contributed by atoms with Crippen LogP contribution in [0, 0.1) is 0 Å². The van der Waals surface area contributed by atoms with Gasteiger partial charge in [-0.1, -0.05) is 84.9 Å². The molecule has 0 aliphatic heterocycles. The molecule has 7 heteroatoms. The lowest BCUT2D eigenvalue weighted by atomic mass is 10.1. The minimum atomic E-state index is 0.536. The van der Waals surface area contributed by atoms with E-state index in [1.165, 1.54) is 10.8 Å². The molecular formula is C44H25N5O2. The van der Waals surface area contributed by atoms with Crippen LogP contribution in [0.15, 0.2) is 161 Å². The molecule has 7 nitrogen and oxygen atoms in total. The highest BCUT2D eigenvalue weighted by Crippen LogP contribution is 2.39. The maximum absolute atomic E-state index is 6.30. The first-order valence-electron chi connectivity index (χ1n) is 16.8. The van der Waals surface area contributed by atoms with Gasteiger partial charge in [-0.25, -0.2) is 15.0 Å². The van der Waals surface area contributed by atoms with Gasteiger partial charge in [0.15, 0.2) is 17.5 Å². The van der Waals surface area contributed by atoms with Gasteiger partial charge in [0, 0.05) is 61.4 Å². The number of furan rings is 2. The molecule has 0 N–H and O–H groups in total. The number of aromatic nitrogens is 5. The fourth-order valence-electron chi connectivity index (χ4n) is 7.51. The second kappa shape index (κ2) is 10.7. The molecule has 0 unspecified atom stereocenters. The van der Waals surface area contributed by atoms with E-state index in [4.69, 9.17) is 23.8 Å². The topological polar surface area (TPSA) is 82.8 Å². The zero-order valence-corrected chi connectivity index (χ0v) is 27.0. The molecule has 6 aromatic carbocycles. The Balaban J connectivity index is 1.20. The Kier molecular flexibility index (Phi) is 5.83. The third-order valence-corrected chi connectivity index (χ3v) is 9.78. The predicted octanol–water partition coefficient (Wildman–Crippen LogP) is 11.2. The van der Waals surface area contributed by atoms with Crippen LogP contribution in [-0.2, 0) is 0 Å². The molecule has 11 aromatic rings. The zero-order chi connectivity index (χ0) is 33.5. The molecular weight excluding hydrogens is 631 g/mol. The Bertz CT molecular complexity index is 3120. The van der Waals surface area contributed by atoms with Crippen LogP contribution in [0.2, 0.25) is 0 Å². The molecule has 11 rings (SSSR count). The summed E-state index contributed by atoms with van der Waals surface area (Å²) in [5.41, 5.74) is 8.85. The van der Waals surface area contributed by atoms with E-state index in [-0.39, 0.29) is 0 Å². The van der Waals surface area contributed by atoms with E-state index in [0.29, 0.717) is 17.5 Å². The fraction of sp³-hybridized carbons (Fsp3) is 0. The van der Waals surface area contributed by atoms with Crippen LogP contribution < -0.4 is 0 Å². The molecule has 0 saturated carbocycles. The van der Waals surface area contributed by atoms with Gasteiger partial charge in [0.25, 0.3) is 0 Å². The van der Waals surface area contributed by atoms with E-state index in [9.17, 15) is 0 Å². The van der Waals surface area contributed by atoms with Crippen molar-refractivity contribution in [2.75, 3.05) is 0 Å². The highest BCUT2D eigenvalue weighted by Gasteiger charge is 2.21. The zero-order valence-electron chi connectivity index (χ0n) is 27.0. The number of para-hydroxylation sites is 4. The van der Waals surface area contributed by atoms with Crippen molar-refractivity contribution in [3.8, 4) is 39.9 Å². The van der Waals surface area contributed by atoms with Crippen molar-refractivity contribution in [1.82, 2.24) is 24.5 Å². The van der Waals surface area contributed by atoms with Crippen LogP contribution in [-0.4, -0.2) is 24.5 Å². The van der Waals surface area contributed by atoms with Gasteiger partial charge in [0.1, 0.15) is 22.3 Å². The molecule has 0 saturated heterocycles. The minimum absolute atomic E-state index is 0.536. The van der Waals surface area contributed by atoms with E-state index < -0.39 is 0 Å². The van der Waals surface area contributed by atoms with Crippen molar-refractivity contribution in [2.45, 2.75) is 0 Å². The quantitative estimate of drug-likeness (QED) is 0.188. The Morgan fingerprint density at radius 3 is 1.88 bits per heavy atom. The molecule has 5 aromatic heterocycles. The molecule has 0 amide bonds. The summed E-state index contributed by atoms with van der Waals surface area (Å²) in [7, 11) is 0. The summed E-state index contributed by atoms with van der Waals surface area (Å²) in [5, 5.41) is 6.30. The molecule has 0 fully saturated rings. The lowest BCUT2D eigenvalue weighted by Gasteiger charge is -2.14. The van der Waals surface area contributed by atoms with Crippen LogP contribution in [0.4, 0.5) is 0 Å². The summed E-state index contributed by atoms with van der Waals surface area (Å²) in [5.74, 6) is 1.63. The number of hydrogen-bond acceptors (Lipinski definition) is 6. The van der Waals surface area contributed by atoms with E-state index in [0.717, 1.165) is 77.3 Å². The fourth-order valence-corrected chi connectivity index (χ4v) is 7.51. The van der Waals surface area contributed by atoms with Crippen LogP contribution in [0.3, 0.4) is 0 Å². The lowest BCUT2D eigenvalue weighted by Crippen LogP contribution is -2.03. The number of benzene rings is 6. The van der Waals surface area contributed by atoms with E-state index in [1.807, 2.05) is 60.8 Å². The Labute approximate surface area is 290 Å². The molecule has 0 radical (unpaired) electrons. The van der Waals surface area contributed by atoms with Crippen LogP contribution in [0.1, 0.15) is 0 Å². The van der Waals surface area contributed by atoms with Gasteiger partial charge in [-0.15, -0.1) is 0 Å². The average Bonchev–Trinajstić information content (AvgIpc) is 3.87. The number of pyridine rings is 1. The van der Waals surface area contributed by atoms with Crippen LogP contribution >= 0.6 is 0 Å². The summed E-state index contributed by atoms with van der Waals surface area (Å²) in [6, 6.07) is 47.4. The average molecular weight is 656 g/mol. The normalized spacial score (nSPS) is 11.9. The van der Waals surface area contributed by atoms with Crippen molar-refractivity contribution in [1.29, 1.82) is 0 Å². The molecule has 0 aliphatic carbocycles. The summed E-state index contributed by atoms with van der Waals surface area (Å²) in [6.07, 6.45) is 3.57. The third-order valence-electron chi connectivity index (χ3n) is 9.78. The standard InChI is InChI=1S/C44H25N5O2/c1-5-15-34-27(10-1)28-11-2-6-16-35(28)49(34)36-17-7-3-13-31(36)43-46-42(26-20-21-30-29-12-4-8-18-37(29)51-40(30)24-26)47-44(48-43)32-14-9-19-39-41(32)33-25-45-23-22-38(33)50-39/h1-25H. The summed E-state index contributed by atoms with van der Waals surface area (Å²) in [6.45, 7) is 0. The van der Waals surface area contributed by atoms with E-state index in [1.54, 1.807) is 6.20 Å². The van der Waals surface area contributed by atoms with Crippen molar-refractivity contribution in [2.24, 2.45) is 0 Å². The highest BCUT2D eigenvalue weighted by molar-refractivity contribution is 6.12. The first-order chi connectivity index (χ1) is 25.3. The molecule has 238 valence electrons. The maximum Gasteiger partial charge on any atom is 0.166 e. The number of nitrogens with zero attached hydrogens (tertiary/aromatic N) is 5. The first kappa shape index (κ1) is 27.8. The van der Waals surface area contributed by atoms with E-state index in [2.05, 4.69) is 94.5 Å². The van der Waals surface area contributed by atoms with Crippen molar-refractivity contribution in [3.05, 3.63) is 152 Å². The van der Waals surface area contributed by atoms with Crippen molar-refractivity contribution < 1.29 is 8.83 Å². The largest absolute Gasteiger partial charge is 0.456 e. The summed E-state index contributed by atoms with van der Waals surface area (Å²) < 4.78 is 14.8. The minimum Gasteiger partial charge on any atom is -0.456 e. The van der Waals surface area contributed by atoms with Gasteiger partial charge in [-0.2, -0.15) is 0 Å². The van der Waals surface area contributed by atoms with Gasteiger partial charge in [0.2, 0.25) is 0 Å². The Hall–Kier alpha value is -7.12. The van der Waals surface area contributed by atoms with Crippen LogP contribution in [0.5, 0.6) is 0 Å². The second-order valence-electron chi connectivity index (χ2n) is 12.7. The summed E-state index contributed by atoms with van der Waals surface area (Å²) >= 11 is 0. The molecule has 5 heterocycles. The monoisotopic (exact) mass is 655 g/mol. The molecule has 0 aliphatic rings. The smallest absolute Gasteiger partial charge is 0.166 e. The molecule has 0 spiro atoms. The number of fused-ring (bicyclic) bond motifs is 9. The first-order valence-corrected chi connectivity index (χ1v) is 16.8. The van der Waals surface area contributed by atoms with E-state index >= 15 is 0 Å². The van der Waals surface area contributed by atoms with Gasteiger partial charge >= 0.3 is 0 Å². The van der Waals surface area contributed by atoms with Gasteiger partial charge < -0.3 is 13.4 Å². The second-order valence-corrected chi connectivity index (χ2v) is 12.7. The Morgan fingerprint density at radius 1 is 0.431 bits per heavy atom. The van der Waals surface area contributed by atoms with Gasteiger partial charge in [-0.3, -0.25) is 4.98 Å². The molecule has 0 bridgehead atoms. The molecule has 0 atom stereocenters. The molecule has 51 heavy (non-hydrogen) atoms. The third kappa shape index (κ3) is 4.18. The summed E-state index contributed by atoms with van der Waals surface area (Å²) in [4.78, 5) is 20.0. The lowest BCUT2D eigenvalue weighted by molar-refractivity contribution is 0.668. The SMILES string of the molecule is c1ccc(-n2c3ccccc3c3ccccc32)c(-c2nc(-c3ccc4c(c3)oc3ccccc34)nc(-c3cccc4oc5ccncc5c34)n2)c1. The number of hydrogen-bond donors (Lipinski definition) is 0. The van der Waals surface area contributed by atoms with Gasteiger partial charge in [0.05, 0.1) is 16.7 Å².